The van der Waals surface area contributed by atoms with Gasteiger partial charge in [-0.05, 0) is 18.2 Å². The van der Waals surface area contributed by atoms with Gasteiger partial charge in [-0.3, -0.25) is 9.30 Å². The lowest BCUT2D eigenvalue weighted by Gasteiger charge is -2.31. The summed E-state index contributed by atoms with van der Waals surface area (Å²) in [6.45, 7) is 0.309. The number of fused-ring (bicyclic) bond motifs is 1. The van der Waals surface area contributed by atoms with E-state index in [2.05, 4.69) is 14.3 Å². The van der Waals surface area contributed by atoms with Crippen LogP contribution in [-0.4, -0.2) is 34.9 Å². The van der Waals surface area contributed by atoms with Gasteiger partial charge in [-0.2, -0.15) is 0 Å². The Balaban J connectivity index is 1.97. The predicted octanol–water partition coefficient (Wildman–Crippen LogP) is 2.76. The van der Waals surface area contributed by atoms with Crippen molar-refractivity contribution >= 4 is 35.2 Å². The molecule has 9 heteroatoms. The van der Waals surface area contributed by atoms with Gasteiger partial charge in [0.15, 0.2) is 16.7 Å². The minimum atomic E-state index is 0.309. The zero-order chi connectivity index (χ0) is 20.4. The van der Waals surface area contributed by atoms with Crippen molar-refractivity contribution < 1.29 is 9.47 Å². The van der Waals surface area contributed by atoms with Crippen molar-refractivity contribution in [2.75, 3.05) is 25.2 Å². The number of benzene rings is 2. The highest BCUT2D eigenvalue weighted by Gasteiger charge is 2.25. The third-order valence-corrected chi connectivity index (χ3v) is 5.86. The Hall–Kier alpha value is -2.84. The van der Waals surface area contributed by atoms with Crippen molar-refractivity contribution in [3.8, 4) is 11.5 Å². The fraction of sp³-hybridized carbons (Fsp3) is 0.200. The number of ether oxygens (including phenoxy) is 2. The van der Waals surface area contributed by atoms with E-state index < -0.39 is 0 Å². The Bertz CT molecular complexity index is 1140. The van der Waals surface area contributed by atoms with E-state index >= 15 is 0 Å². The Morgan fingerprint density at radius 1 is 1.10 bits per heavy atom. The molecule has 0 bridgehead atoms. The summed E-state index contributed by atoms with van der Waals surface area (Å²) < 4.78 is 16.6. The molecule has 0 N–H and O–H groups in total. The number of aryl methyl sites for hydroxylation is 1. The van der Waals surface area contributed by atoms with Gasteiger partial charge in [0.1, 0.15) is 12.5 Å². The number of aromatic nitrogens is 2. The molecule has 0 radical (unpaired) electrons. The molecular formula is C20H20ClN5O2S. The average molecular weight is 430 g/mol. The monoisotopic (exact) mass is 429 g/mol. The molecule has 1 aromatic heterocycles. The number of rotatable bonds is 6. The molecule has 1 aliphatic heterocycles. The number of hydrogen-bond acceptors (Lipinski definition) is 7. The molecule has 0 saturated carbocycles. The second kappa shape index (κ2) is 8.26. The van der Waals surface area contributed by atoms with Gasteiger partial charge < -0.3 is 14.0 Å². The van der Waals surface area contributed by atoms with Crippen LogP contribution in [-0.2, 0) is 7.05 Å². The van der Waals surface area contributed by atoms with E-state index in [0.717, 1.165) is 27.2 Å². The number of nitrogens with zero attached hydrogens (tertiary/aromatic N) is 5. The number of imidazole rings is 1. The van der Waals surface area contributed by atoms with Crippen LogP contribution in [0.3, 0.4) is 0 Å². The third-order valence-electron chi connectivity index (χ3n) is 4.47. The van der Waals surface area contributed by atoms with Crippen LogP contribution >= 0.6 is 23.7 Å². The zero-order valence-corrected chi connectivity index (χ0v) is 17.8. The molecule has 0 aliphatic carbocycles. The Morgan fingerprint density at radius 2 is 1.83 bits per heavy atom. The molecule has 4 rings (SSSR count). The maximum absolute atomic E-state index is 6.65. The molecule has 0 fully saturated rings. The van der Waals surface area contributed by atoms with Crippen molar-refractivity contribution in [3.63, 3.8) is 0 Å². The van der Waals surface area contributed by atoms with E-state index in [1.165, 1.54) is 11.9 Å². The Labute approximate surface area is 178 Å². The first-order valence-electron chi connectivity index (χ1n) is 8.87. The van der Waals surface area contributed by atoms with Gasteiger partial charge in [-0.15, -0.1) is 0 Å². The van der Waals surface area contributed by atoms with Crippen LogP contribution in [0.4, 0.5) is 5.69 Å². The van der Waals surface area contributed by atoms with Crippen LogP contribution in [0.15, 0.2) is 65.0 Å². The summed E-state index contributed by atoms with van der Waals surface area (Å²) in [6.07, 6.45) is 3.68. The summed E-state index contributed by atoms with van der Waals surface area (Å²) in [5.74, 6) is 2.01. The number of hydrogen-bond donors (Lipinski definition) is 0. The third kappa shape index (κ3) is 3.73. The Morgan fingerprint density at radius 3 is 2.48 bits per heavy atom. The van der Waals surface area contributed by atoms with Crippen LogP contribution in [0, 0.1) is 0 Å². The number of methoxy groups -OCH3 is 2. The van der Waals surface area contributed by atoms with Gasteiger partial charge >= 0.3 is 0 Å². The molecule has 0 amide bonds. The van der Waals surface area contributed by atoms with E-state index in [1.54, 1.807) is 24.8 Å². The predicted molar refractivity (Wildman–Crippen MR) is 114 cm³/mol. The Kier molecular flexibility index (Phi) is 5.55. The van der Waals surface area contributed by atoms with Gasteiger partial charge in [0, 0.05) is 54.5 Å². The molecule has 3 aromatic rings. The number of halogens is 1. The van der Waals surface area contributed by atoms with Gasteiger partial charge in [0.2, 0.25) is 0 Å². The highest BCUT2D eigenvalue weighted by atomic mass is 35.5. The number of anilines is 1. The summed E-state index contributed by atoms with van der Waals surface area (Å²) in [5.41, 5.74) is 0.962. The molecule has 0 saturated heterocycles. The molecule has 7 nitrogen and oxygen atoms in total. The normalized spacial score (nSPS) is 13.0. The smallest absolute Gasteiger partial charge is 0.189 e. The molecule has 0 spiro atoms. The van der Waals surface area contributed by atoms with Crippen molar-refractivity contribution in [1.29, 1.82) is 0 Å². The topological polar surface area (TPSA) is 55.1 Å². The summed E-state index contributed by atoms with van der Waals surface area (Å²) in [5, 5.41) is 2.46. The maximum Gasteiger partial charge on any atom is 0.189 e. The molecule has 2 heterocycles. The molecule has 2 aromatic carbocycles. The zero-order valence-electron chi connectivity index (χ0n) is 16.2. The van der Waals surface area contributed by atoms with Gasteiger partial charge in [-0.25, -0.2) is 9.40 Å². The van der Waals surface area contributed by atoms with Gasteiger partial charge in [0.25, 0.3) is 0 Å². The minimum absolute atomic E-state index is 0.309. The highest BCUT2D eigenvalue weighted by Crippen LogP contribution is 2.34. The van der Waals surface area contributed by atoms with E-state index in [-0.39, 0.29) is 0 Å². The van der Waals surface area contributed by atoms with Crippen LogP contribution < -0.4 is 24.4 Å². The largest absolute Gasteiger partial charge is 0.493 e. The highest BCUT2D eigenvalue weighted by molar-refractivity contribution is 8.00. The van der Waals surface area contributed by atoms with E-state index in [9.17, 15) is 0 Å². The maximum atomic E-state index is 6.65. The van der Waals surface area contributed by atoms with E-state index in [0.29, 0.717) is 18.2 Å². The average Bonchev–Trinajstić information content (AvgIpc) is 3.16. The first kappa shape index (κ1) is 19.5. The lowest BCUT2D eigenvalue weighted by molar-refractivity contribution is 0.353. The van der Waals surface area contributed by atoms with Crippen LogP contribution in [0.2, 0.25) is 0 Å². The van der Waals surface area contributed by atoms with Gasteiger partial charge in [-0.1, -0.05) is 18.2 Å². The van der Waals surface area contributed by atoms with Crippen LogP contribution in [0.5, 0.6) is 11.5 Å². The van der Waals surface area contributed by atoms with Crippen LogP contribution in [0.1, 0.15) is 0 Å². The van der Waals surface area contributed by atoms with E-state index in [4.69, 9.17) is 21.3 Å². The molecular weight excluding hydrogens is 410 g/mol. The lowest BCUT2D eigenvalue weighted by Crippen LogP contribution is -2.42. The minimum Gasteiger partial charge on any atom is -0.493 e. The number of para-hydroxylation sites is 1. The van der Waals surface area contributed by atoms with Gasteiger partial charge in [0.05, 0.1) is 25.3 Å². The quantitative estimate of drug-likeness (QED) is 0.443. The molecule has 150 valence electrons. The summed E-state index contributed by atoms with van der Waals surface area (Å²) in [4.78, 5) is 9.04. The van der Waals surface area contributed by atoms with Crippen molar-refractivity contribution in [2.24, 2.45) is 12.0 Å². The molecule has 0 atom stereocenters. The van der Waals surface area contributed by atoms with Crippen molar-refractivity contribution in [2.45, 2.75) is 5.16 Å². The second-order valence-electron chi connectivity index (χ2n) is 6.25. The molecule has 0 unspecified atom stereocenters. The summed E-state index contributed by atoms with van der Waals surface area (Å²) >= 11 is 8.13. The standard InChI is InChI=1S/C20H20ClN5O2S/c1-24-10-9-22-20(24)29-26(14-7-5-4-6-8-14)19-15-11-17(27-2)18(28-3)12-16(15)23-13-25(19)21/h4-12H,13H2,1-3H3. The fourth-order valence-corrected chi connectivity index (χ4v) is 4.26. The first-order valence-corrected chi connectivity index (χ1v) is 9.98. The lowest BCUT2D eigenvalue weighted by atomic mass is 10.2. The van der Waals surface area contributed by atoms with Crippen LogP contribution in [0.25, 0.3) is 5.82 Å². The summed E-state index contributed by atoms with van der Waals surface area (Å²) in [7, 11) is 5.18. The summed E-state index contributed by atoms with van der Waals surface area (Å²) in [6, 6.07) is 13.8. The second-order valence-corrected chi connectivity index (χ2v) is 7.57. The molecule has 1 aliphatic rings. The SMILES string of the molecule is COc1cc2c(cc1OC)=C(N(Sc1nccn1C)c1ccccc1)N(Cl)CN=2. The fourth-order valence-electron chi connectivity index (χ4n) is 3.03. The molecule has 29 heavy (non-hydrogen) atoms. The first-order chi connectivity index (χ1) is 14.1. The van der Waals surface area contributed by atoms with Crippen molar-refractivity contribution in [3.05, 3.63) is 65.4 Å². The van der Waals surface area contributed by atoms with E-state index in [1.807, 2.05) is 60.3 Å². The van der Waals surface area contributed by atoms with Crippen molar-refractivity contribution in [1.82, 2.24) is 14.0 Å².